The Morgan fingerprint density at radius 3 is 2.16 bits per heavy atom. The van der Waals surface area contributed by atoms with Crippen molar-refractivity contribution in [2.24, 2.45) is 0 Å². The van der Waals surface area contributed by atoms with Crippen molar-refractivity contribution >= 4 is 27.5 Å². The third-order valence-corrected chi connectivity index (χ3v) is 14.8. The Bertz CT molecular complexity index is 2750. The van der Waals surface area contributed by atoms with Crippen LogP contribution < -0.4 is 20.3 Å². The van der Waals surface area contributed by atoms with Gasteiger partial charge in [0.2, 0.25) is 21.8 Å². The van der Waals surface area contributed by atoms with Crippen LogP contribution >= 0.6 is 0 Å². The number of aliphatic hydroxyl groups is 1. The highest BCUT2D eigenvalue weighted by atomic mass is 32.2. The van der Waals surface area contributed by atoms with E-state index in [0.717, 1.165) is 63.3 Å². The largest absolute Gasteiger partial charge is 0.392 e. The number of likely N-dealkylation sites (tertiary alicyclic amines) is 1. The third-order valence-electron chi connectivity index (χ3n) is 13.3. The van der Waals surface area contributed by atoms with Crippen molar-refractivity contribution in [3.05, 3.63) is 191 Å². The summed E-state index contributed by atoms with van der Waals surface area (Å²) in [6.45, 7) is 4.72. The van der Waals surface area contributed by atoms with Crippen LogP contribution in [0.3, 0.4) is 0 Å². The Morgan fingerprint density at radius 2 is 1.45 bits per heavy atom. The number of nitrogens with one attached hydrogen (secondary N) is 3. The first-order valence-corrected chi connectivity index (χ1v) is 24.5. The van der Waals surface area contributed by atoms with Gasteiger partial charge in [-0.1, -0.05) is 127 Å². The summed E-state index contributed by atoms with van der Waals surface area (Å²) in [6, 6.07) is 48.9. The lowest BCUT2D eigenvalue weighted by atomic mass is 9.85. The lowest BCUT2D eigenvalue weighted by Gasteiger charge is -2.45. The van der Waals surface area contributed by atoms with Crippen molar-refractivity contribution in [3.8, 4) is 11.1 Å². The molecule has 13 heteroatoms. The smallest absolute Gasteiger partial charge is 0.247 e. The number of hydrogen-bond donors (Lipinski definition) is 4. The number of nitrogens with zero attached hydrogens (tertiary/aromatic N) is 2. The molecule has 3 aliphatic rings. The summed E-state index contributed by atoms with van der Waals surface area (Å²) < 4.78 is 43.2. The quantitative estimate of drug-likeness (QED) is 0.0831. The molecule has 9 rings (SSSR count). The van der Waals surface area contributed by atoms with Crippen molar-refractivity contribution in [1.82, 2.24) is 20.3 Å². The van der Waals surface area contributed by atoms with Crippen molar-refractivity contribution in [1.29, 1.82) is 0 Å². The molecule has 0 bridgehead atoms. The molecule has 4 atom stereocenters. The molecule has 6 aromatic carbocycles. The minimum absolute atomic E-state index is 0.0401. The van der Waals surface area contributed by atoms with Crippen molar-refractivity contribution in [2.45, 2.75) is 80.7 Å². The van der Waals surface area contributed by atoms with Gasteiger partial charge in [-0.25, -0.2) is 8.42 Å². The van der Waals surface area contributed by atoms with Crippen LogP contribution in [0.1, 0.15) is 65.0 Å². The number of aliphatic hydroxyl groups excluding tert-OH is 1. The average molecular weight is 920 g/mol. The molecule has 0 unspecified atom stereocenters. The van der Waals surface area contributed by atoms with Gasteiger partial charge in [0.15, 0.2) is 6.29 Å². The van der Waals surface area contributed by atoms with E-state index in [1.807, 2.05) is 122 Å². The summed E-state index contributed by atoms with van der Waals surface area (Å²) in [5, 5.41) is 15.8. The summed E-state index contributed by atoms with van der Waals surface area (Å²) in [7, 11) is -3.99. The fourth-order valence-corrected chi connectivity index (χ4v) is 10.7. The van der Waals surface area contributed by atoms with Crippen LogP contribution in [0, 0.1) is 6.92 Å². The maximum absolute atomic E-state index is 13.8. The number of amides is 2. The van der Waals surface area contributed by atoms with Crippen molar-refractivity contribution in [2.75, 3.05) is 31.2 Å². The summed E-state index contributed by atoms with van der Waals surface area (Å²) in [5.74, 6) is -0.345. The zero-order valence-electron chi connectivity index (χ0n) is 37.6. The molecule has 0 aromatic heterocycles. The van der Waals surface area contributed by atoms with E-state index in [0.29, 0.717) is 32.5 Å². The predicted octanol–water partition coefficient (Wildman–Crippen LogP) is 7.33. The number of anilines is 1. The normalized spacial score (nSPS) is 20.1. The highest BCUT2D eigenvalue weighted by Crippen LogP contribution is 2.41. The van der Waals surface area contributed by atoms with Gasteiger partial charge in [0, 0.05) is 43.9 Å². The van der Waals surface area contributed by atoms with Gasteiger partial charge < -0.3 is 35.0 Å². The minimum atomic E-state index is -3.99. The van der Waals surface area contributed by atoms with E-state index >= 15 is 0 Å². The zero-order chi connectivity index (χ0) is 46.4. The van der Waals surface area contributed by atoms with E-state index in [1.54, 1.807) is 24.3 Å². The Balaban J connectivity index is 0.895. The van der Waals surface area contributed by atoms with Crippen LogP contribution in [0.5, 0.6) is 0 Å². The molecule has 12 nitrogen and oxygen atoms in total. The molecule has 67 heavy (non-hydrogen) atoms. The van der Waals surface area contributed by atoms with Gasteiger partial charge in [0.05, 0.1) is 30.4 Å². The first kappa shape index (κ1) is 45.9. The number of rotatable bonds is 15. The summed E-state index contributed by atoms with van der Waals surface area (Å²) in [4.78, 5) is 31.9. The molecule has 2 amide bonds. The number of hydrogen-bond acceptors (Lipinski definition) is 9. The second-order valence-corrected chi connectivity index (χ2v) is 19.5. The Kier molecular flexibility index (Phi) is 14.0. The minimum Gasteiger partial charge on any atom is -0.392 e. The van der Waals surface area contributed by atoms with Crippen LogP contribution in [-0.4, -0.2) is 74.2 Å². The van der Waals surface area contributed by atoms with E-state index < -0.39 is 33.8 Å². The van der Waals surface area contributed by atoms with Crippen LogP contribution in [0.25, 0.3) is 11.1 Å². The maximum atomic E-state index is 13.8. The van der Waals surface area contributed by atoms with Crippen LogP contribution in [0.4, 0.5) is 5.69 Å². The van der Waals surface area contributed by atoms with E-state index in [4.69, 9.17) is 9.47 Å². The highest BCUT2D eigenvalue weighted by molar-refractivity contribution is 7.89. The van der Waals surface area contributed by atoms with Crippen LogP contribution in [0.2, 0.25) is 0 Å². The number of piperidine rings is 1. The molecule has 3 saturated heterocycles. The van der Waals surface area contributed by atoms with E-state index in [-0.39, 0.29) is 42.6 Å². The summed E-state index contributed by atoms with van der Waals surface area (Å²) >= 11 is 0. The Morgan fingerprint density at radius 1 is 0.776 bits per heavy atom. The topological polar surface area (TPSA) is 150 Å². The van der Waals surface area contributed by atoms with Gasteiger partial charge in [-0.2, -0.15) is 4.72 Å². The second-order valence-electron chi connectivity index (χ2n) is 17.8. The molecule has 1 spiro atoms. The van der Waals surface area contributed by atoms with Crippen molar-refractivity contribution in [3.63, 3.8) is 0 Å². The molecule has 346 valence electrons. The maximum Gasteiger partial charge on any atom is 0.247 e. The SMILES string of the molecule is Cc1ccc(S(=O)(=O)N[C@H](Cc2ccccc2)C(=O)NCc2cccc(-c3cccc([C@@H]4O[C@H](CN5CCC6(CC5)C(=O)NCN6c5ccccc5)C[C@H](c5ccc(CO)cc5)O4)c3)c2)cc1. The van der Waals surface area contributed by atoms with E-state index in [9.17, 15) is 23.1 Å². The summed E-state index contributed by atoms with van der Waals surface area (Å²) in [5.41, 5.74) is 7.65. The molecule has 6 aromatic rings. The van der Waals surface area contributed by atoms with Crippen molar-refractivity contribution < 1.29 is 32.6 Å². The fraction of sp³-hybridized carbons (Fsp3) is 0.296. The van der Waals surface area contributed by atoms with E-state index in [1.165, 1.54) is 0 Å². The number of ether oxygens (including phenoxy) is 2. The lowest BCUT2D eigenvalue weighted by molar-refractivity contribution is -0.253. The lowest BCUT2D eigenvalue weighted by Crippen LogP contribution is -2.57. The van der Waals surface area contributed by atoms with Gasteiger partial charge >= 0.3 is 0 Å². The second kappa shape index (κ2) is 20.4. The Labute approximate surface area is 393 Å². The molecular weight excluding hydrogens is 863 g/mol. The number of carbonyl (C=O) groups excluding carboxylic acids is 2. The number of sulfonamides is 1. The number of aryl methyl sites for hydroxylation is 1. The molecule has 3 aliphatic heterocycles. The van der Waals surface area contributed by atoms with Crippen LogP contribution in [0.15, 0.2) is 163 Å². The molecule has 4 N–H and O–H groups in total. The van der Waals surface area contributed by atoms with E-state index in [2.05, 4.69) is 43.4 Å². The van der Waals surface area contributed by atoms with Gasteiger partial charge in [-0.3, -0.25) is 9.59 Å². The number of benzene rings is 6. The zero-order valence-corrected chi connectivity index (χ0v) is 38.4. The number of para-hydroxylation sites is 1. The molecular formula is C54H57N5O7S. The van der Waals surface area contributed by atoms with Crippen LogP contribution in [-0.2, 0) is 48.7 Å². The predicted molar refractivity (Wildman–Crippen MR) is 258 cm³/mol. The summed E-state index contributed by atoms with van der Waals surface area (Å²) in [6.07, 6.45) is 1.14. The molecule has 3 fully saturated rings. The molecule has 3 heterocycles. The first-order chi connectivity index (χ1) is 32.5. The third kappa shape index (κ3) is 10.7. The van der Waals surface area contributed by atoms with Gasteiger partial charge in [0.25, 0.3) is 0 Å². The number of carbonyl (C=O) groups is 2. The molecule has 0 radical (unpaired) electrons. The Hall–Kier alpha value is -6.19. The van der Waals surface area contributed by atoms with Gasteiger partial charge in [0.1, 0.15) is 11.6 Å². The molecule has 0 saturated carbocycles. The van der Waals surface area contributed by atoms with Gasteiger partial charge in [-0.15, -0.1) is 0 Å². The highest BCUT2D eigenvalue weighted by Gasteiger charge is 2.50. The average Bonchev–Trinajstić information content (AvgIpc) is 3.68. The molecule has 0 aliphatic carbocycles. The van der Waals surface area contributed by atoms with Gasteiger partial charge in [-0.05, 0) is 96.0 Å². The first-order valence-electron chi connectivity index (χ1n) is 23.0. The standard InChI is InChI=1S/C54H57N5O7S/c1-38-18-24-48(25-19-38)67(63,64)57-49(31-39-10-4-2-5-11-39)51(61)55-34-41-12-8-13-43(30-41)44-14-9-15-45(32-44)52-65-47(33-50(66-52)42-22-20-40(36-60)21-23-42)35-58-28-26-54(27-29-58)53(62)56-37-59(54)46-16-6-3-7-17-46/h2-25,30,32,47,49-50,52,57,60H,26-29,31,33-37H2,1H3,(H,55,61)(H,56,62)/t47-,49+,50+,52+/m0/s1. The monoisotopic (exact) mass is 919 g/mol. The fourth-order valence-electron chi connectivity index (χ4n) is 9.51.